The molecule has 1 saturated heterocycles. The Balaban J connectivity index is 2.10. The standard InChI is InChI=1S/C16H34N4/c1-5-20-12-8-15(9-13-20)7-11-19-16(17-4)18-10-6-14(2)3/h14-15H,5-13H2,1-4H3,(H2,17,18,19). The SMILES string of the molecule is CCN1CCC(CCNC(=NC)NCCC(C)C)CC1. The van der Waals surface area contributed by atoms with Crippen LogP contribution in [-0.2, 0) is 0 Å². The number of likely N-dealkylation sites (tertiary alicyclic amines) is 1. The number of aliphatic imine (C=N–C) groups is 1. The fraction of sp³-hybridized carbons (Fsp3) is 0.938. The van der Waals surface area contributed by atoms with Gasteiger partial charge in [-0.2, -0.15) is 0 Å². The van der Waals surface area contributed by atoms with E-state index in [0.29, 0.717) is 0 Å². The van der Waals surface area contributed by atoms with Crippen molar-refractivity contribution in [3.63, 3.8) is 0 Å². The van der Waals surface area contributed by atoms with Crippen molar-refractivity contribution >= 4 is 5.96 Å². The largest absolute Gasteiger partial charge is 0.356 e. The molecule has 118 valence electrons. The highest BCUT2D eigenvalue weighted by Gasteiger charge is 2.17. The normalized spacial score (nSPS) is 18.6. The molecule has 1 aliphatic rings. The molecule has 4 nitrogen and oxygen atoms in total. The molecule has 0 unspecified atom stereocenters. The molecule has 1 rings (SSSR count). The molecule has 0 atom stereocenters. The summed E-state index contributed by atoms with van der Waals surface area (Å²) in [6.45, 7) is 12.6. The maximum absolute atomic E-state index is 4.28. The van der Waals surface area contributed by atoms with E-state index in [4.69, 9.17) is 0 Å². The monoisotopic (exact) mass is 282 g/mol. The smallest absolute Gasteiger partial charge is 0.190 e. The lowest BCUT2D eigenvalue weighted by molar-refractivity contribution is 0.187. The highest BCUT2D eigenvalue weighted by atomic mass is 15.2. The fourth-order valence-electron chi connectivity index (χ4n) is 2.69. The van der Waals surface area contributed by atoms with Gasteiger partial charge in [-0.15, -0.1) is 0 Å². The van der Waals surface area contributed by atoms with Gasteiger partial charge in [0.2, 0.25) is 0 Å². The van der Waals surface area contributed by atoms with Crippen LogP contribution < -0.4 is 10.6 Å². The third-order valence-corrected chi connectivity index (χ3v) is 4.24. The molecule has 0 spiro atoms. The van der Waals surface area contributed by atoms with E-state index in [-0.39, 0.29) is 0 Å². The molecular weight excluding hydrogens is 248 g/mol. The number of guanidine groups is 1. The Morgan fingerprint density at radius 2 is 1.85 bits per heavy atom. The van der Waals surface area contributed by atoms with Crippen LogP contribution in [0.25, 0.3) is 0 Å². The van der Waals surface area contributed by atoms with E-state index in [0.717, 1.165) is 30.9 Å². The zero-order chi connectivity index (χ0) is 14.8. The van der Waals surface area contributed by atoms with Crippen molar-refractivity contribution in [1.82, 2.24) is 15.5 Å². The second kappa shape index (κ2) is 10.0. The van der Waals surface area contributed by atoms with Crippen LogP contribution in [0.4, 0.5) is 0 Å². The topological polar surface area (TPSA) is 39.7 Å². The number of hydrogen-bond acceptors (Lipinski definition) is 2. The highest BCUT2D eigenvalue weighted by molar-refractivity contribution is 5.79. The van der Waals surface area contributed by atoms with Gasteiger partial charge in [0.15, 0.2) is 5.96 Å². The third kappa shape index (κ3) is 7.13. The van der Waals surface area contributed by atoms with Gasteiger partial charge in [0, 0.05) is 20.1 Å². The first-order valence-electron chi connectivity index (χ1n) is 8.32. The lowest BCUT2D eigenvalue weighted by atomic mass is 9.93. The Morgan fingerprint density at radius 3 is 2.40 bits per heavy atom. The summed E-state index contributed by atoms with van der Waals surface area (Å²) in [5.74, 6) is 2.58. The molecule has 1 fully saturated rings. The summed E-state index contributed by atoms with van der Waals surface area (Å²) < 4.78 is 0. The molecule has 0 aromatic rings. The Bertz CT molecular complexity index is 268. The Kier molecular flexibility index (Phi) is 8.67. The lowest BCUT2D eigenvalue weighted by Gasteiger charge is -2.31. The first-order valence-corrected chi connectivity index (χ1v) is 8.32. The minimum atomic E-state index is 0.740. The first kappa shape index (κ1) is 17.3. The lowest BCUT2D eigenvalue weighted by Crippen LogP contribution is -2.40. The van der Waals surface area contributed by atoms with Gasteiger partial charge >= 0.3 is 0 Å². The molecule has 0 aliphatic carbocycles. The van der Waals surface area contributed by atoms with Gasteiger partial charge in [-0.1, -0.05) is 20.8 Å². The van der Waals surface area contributed by atoms with E-state index in [1.54, 1.807) is 0 Å². The molecule has 2 N–H and O–H groups in total. The van der Waals surface area contributed by atoms with Crippen LogP contribution in [0.3, 0.4) is 0 Å². The molecule has 0 aromatic carbocycles. The average Bonchev–Trinajstić information content (AvgIpc) is 2.46. The van der Waals surface area contributed by atoms with Gasteiger partial charge in [-0.05, 0) is 57.2 Å². The number of hydrogen-bond donors (Lipinski definition) is 2. The van der Waals surface area contributed by atoms with Crippen molar-refractivity contribution in [3.8, 4) is 0 Å². The molecule has 0 saturated carbocycles. The van der Waals surface area contributed by atoms with Crippen LogP contribution >= 0.6 is 0 Å². The van der Waals surface area contributed by atoms with Gasteiger partial charge in [0.1, 0.15) is 0 Å². The number of rotatable bonds is 7. The van der Waals surface area contributed by atoms with Gasteiger partial charge in [0.25, 0.3) is 0 Å². The van der Waals surface area contributed by atoms with Crippen molar-refractivity contribution in [2.75, 3.05) is 39.8 Å². The highest BCUT2D eigenvalue weighted by Crippen LogP contribution is 2.19. The van der Waals surface area contributed by atoms with Gasteiger partial charge in [0.05, 0.1) is 0 Å². The van der Waals surface area contributed by atoms with Crippen molar-refractivity contribution in [3.05, 3.63) is 0 Å². The molecular formula is C16H34N4. The summed E-state index contributed by atoms with van der Waals surface area (Å²) >= 11 is 0. The van der Waals surface area contributed by atoms with Gasteiger partial charge < -0.3 is 15.5 Å². The van der Waals surface area contributed by atoms with E-state index >= 15 is 0 Å². The van der Waals surface area contributed by atoms with E-state index < -0.39 is 0 Å². The fourth-order valence-corrected chi connectivity index (χ4v) is 2.69. The van der Waals surface area contributed by atoms with Crippen molar-refractivity contribution in [2.45, 2.75) is 46.5 Å². The van der Waals surface area contributed by atoms with E-state index in [1.807, 2.05) is 7.05 Å². The first-order chi connectivity index (χ1) is 9.65. The summed E-state index contributed by atoms with van der Waals surface area (Å²) in [5.41, 5.74) is 0. The van der Waals surface area contributed by atoms with Crippen LogP contribution in [0.2, 0.25) is 0 Å². The quantitative estimate of drug-likeness (QED) is 0.556. The third-order valence-electron chi connectivity index (χ3n) is 4.24. The second-order valence-corrected chi connectivity index (χ2v) is 6.27. The molecule has 0 aromatic heterocycles. The summed E-state index contributed by atoms with van der Waals surface area (Å²) in [4.78, 5) is 6.83. The van der Waals surface area contributed by atoms with Crippen molar-refractivity contribution in [2.24, 2.45) is 16.8 Å². The van der Waals surface area contributed by atoms with E-state index in [1.165, 1.54) is 45.3 Å². The van der Waals surface area contributed by atoms with Crippen LogP contribution in [0.15, 0.2) is 4.99 Å². The minimum absolute atomic E-state index is 0.740. The maximum Gasteiger partial charge on any atom is 0.190 e. The minimum Gasteiger partial charge on any atom is -0.356 e. The van der Waals surface area contributed by atoms with Crippen LogP contribution in [0.1, 0.15) is 46.5 Å². The molecule has 0 amide bonds. The zero-order valence-electron chi connectivity index (χ0n) is 13.9. The molecule has 4 heteroatoms. The van der Waals surface area contributed by atoms with Crippen LogP contribution in [0.5, 0.6) is 0 Å². The average molecular weight is 282 g/mol. The Morgan fingerprint density at radius 1 is 1.20 bits per heavy atom. The summed E-state index contributed by atoms with van der Waals surface area (Å²) in [7, 11) is 1.85. The molecule has 1 aliphatic heterocycles. The van der Waals surface area contributed by atoms with Crippen molar-refractivity contribution in [1.29, 1.82) is 0 Å². The maximum atomic E-state index is 4.28. The van der Waals surface area contributed by atoms with E-state index in [9.17, 15) is 0 Å². The van der Waals surface area contributed by atoms with Crippen LogP contribution in [0, 0.1) is 11.8 Å². The number of nitrogens with zero attached hydrogens (tertiary/aromatic N) is 2. The number of piperidine rings is 1. The summed E-state index contributed by atoms with van der Waals surface area (Å²) in [6, 6.07) is 0. The van der Waals surface area contributed by atoms with Gasteiger partial charge in [-0.25, -0.2) is 0 Å². The summed E-state index contributed by atoms with van der Waals surface area (Å²) in [6.07, 6.45) is 5.17. The predicted octanol–water partition coefficient (Wildman–Crippen LogP) is 2.32. The zero-order valence-corrected chi connectivity index (χ0v) is 13.9. The Hall–Kier alpha value is -0.770. The Labute approximate surface area is 125 Å². The van der Waals surface area contributed by atoms with Gasteiger partial charge in [-0.3, -0.25) is 4.99 Å². The molecule has 0 bridgehead atoms. The second-order valence-electron chi connectivity index (χ2n) is 6.27. The van der Waals surface area contributed by atoms with Crippen molar-refractivity contribution < 1.29 is 0 Å². The molecule has 0 radical (unpaired) electrons. The number of nitrogens with one attached hydrogen (secondary N) is 2. The molecule has 1 heterocycles. The molecule has 20 heavy (non-hydrogen) atoms. The summed E-state index contributed by atoms with van der Waals surface area (Å²) in [5, 5.41) is 6.83. The van der Waals surface area contributed by atoms with E-state index in [2.05, 4.69) is 41.3 Å². The van der Waals surface area contributed by atoms with Crippen LogP contribution in [-0.4, -0.2) is 50.6 Å². The predicted molar refractivity (Wildman–Crippen MR) is 88.3 cm³/mol.